The number of aromatic amines is 3. The lowest BCUT2D eigenvalue weighted by Gasteiger charge is -2.26. The summed E-state index contributed by atoms with van der Waals surface area (Å²) >= 11 is 5.90. The molecule has 0 saturated carbocycles. The maximum absolute atomic E-state index is 3.79. The van der Waals surface area contributed by atoms with Crippen molar-refractivity contribution in [2.75, 3.05) is 5.75 Å². The standard InChI is InChI=1S/C30H11N3S3/c1-7-10-4-34-29-16(10)22-19-13(7)25(31-1)28-17-11(5-35-28)8-2-33-27-15(8)21(23(17)19)24-18-12(6-36-30(18)27)9-3-32-26(29)14(9)20(22)24/h1-5,12,31-33H,6H2. The first-order chi connectivity index (χ1) is 17.9. The van der Waals surface area contributed by atoms with E-state index >= 15 is 0 Å². The summed E-state index contributed by atoms with van der Waals surface area (Å²) in [5.41, 5.74) is 7.15. The van der Waals surface area contributed by atoms with Gasteiger partial charge in [0.2, 0.25) is 0 Å². The maximum atomic E-state index is 3.79. The lowest BCUT2D eigenvalue weighted by atomic mass is 9.75. The Kier molecular flexibility index (Phi) is 2.06. The van der Waals surface area contributed by atoms with E-state index in [2.05, 4.69) is 56.1 Å². The third-order valence-electron chi connectivity index (χ3n) is 9.90. The molecule has 13 rings (SSSR count). The van der Waals surface area contributed by atoms with E-state index in [0.29, 0.717) is 5.92 Å². The Morgan fingerprint density at radius 1 is 0.556 bits per heavy atom. The molecule has 3 nitrogen and oxygen atoms in total. The average Bonchev–Trinajstić information content (AvgIpc) is 3.70. The van der Waals surface area contributed by atoms with E-state index in [0.717, 1.165) is 5.75 Å². The van der Waals surface area contributed by atoms with Crippen LogP contribution >= 0.6 is 34.4 Å². The van der Waals surface area contributed by atoms with Crippen molar-refractivity contribution >= 4 is 141 Å². The van der Waals surface area contributed by atoms with Gasteiger partial charge in [-0.15, -0.1) is 34.4 Å². The Morgan fingerprint density at radius 2 is 1.14 bits per heavy atom. The molecule has 0 spiro atoms. The molecule has 11 aromatic rings. The van der Waals surface area contributed by atoms with Gasteiger partial charge in [0.1, 0.15) is 0 Å². The number of aromatic nitrogens is 3. The van der Waals surface area contributed by atoms with E-state index in [1.807, 2.05) is 22.7 Å². The largest absolute Gasteiger partial charge is 0.360 e. The van der Waals surface area contributed by atoms with Crippen LogP contribution in [-0.4, -0.2) is 20.7 Å². The van der Waals surface area contributed by atoms with Crippen LogP contribution in [0.5, 0.6) is 0 Å². The van der Waals surface area contributed by atoms with Crippen LogP contribution in [0, 0.1) is 0 Å². The van der Waals surface area contributed by atoms with Gasteiger partial charge in [0, 0.05) is 111 Å². The number of rotatable bonds is 0. The van der Waals surface area contributed by atoms with Crippen LogP contribution in [0.4, 0.5) is 0 Å². The topological polar surface area (TPSA) is 47.4 Å². The van der Waals surface area contributed by atoms with E-state index < -0.39 is 0 Å². The quantitative estimate of drug-likeness (QED) is 0.138. The van der Waals surface area contributed by atoms with Crippen molar-refractivity contribution in [3.8, 4) is 0 Å². The summed E-state index contributed by atoms with van der Waals surface area (Å²) in [5, 5.41) is 26.9. The monoisotopic (exact) mass is 509 g/mol. The van der Waals surface area contributed by atoms with Crippen LogP contribution in [-0.2, 0) is 0 Å². The number of hydrogen-bond acceptors (Lipinski definition) is 3. The first-order valence-electron chi connectivity index (χ1n) is 12.4. The van der Waals surface area contributed by atoms with Gasteiger partial charge in [-0.05, 0) is 27.3 Å². The fourth-order valence-corrected chi connectivity index (χ4v) is 12.3. The molecule has 0 fully saturated rings. The number of thioether (sulfide) groups is 1. The zero-order valence-electron chi connectivity index (χ0n) is 18.4. The fraction of sp³-hybridized carbons (Fsp3) is 0.0667. The fourth-order valence-electron chi connectivity index (χ4n) is 8.78. The third kappa shape index (κ3) is 1.24. The van der Waals surface area contributed by atoms with Crippen molar-refractivity contribution in [2.24, 2.45) is 0 Å². The Hall–Kier alpha value is -3.45. The van der Waals surface area contributed by atoms with Gasteiger partial charge < -0.3 is 15.0 Å². The molecule has 5 aromatic heterocycles. The summed E-state index contributed by atoms with van der Waals surface area (Å²) in [4.78, 5) is 12.8. The second-order valence-electron chi connectivity index (χ2n) is 11.0. The number of benzene rings is 6. The van der Waals surface area contributed by atoms with E-state index in [1.54, 1.807) is 10.9 Å². The second-order valence-corrected chi connectivity index (χ2v) is 13.8. The molecule has 0 radical (unpaired) electrons. The molecule has 6 heterocycles. The molecular formula is C30H11N3S3. The SMILES string of the molecule is c1[nH]c2c3scc4c5c[nH]c6c7scc8c9c[nH]c%10c%11c%12c%13c(c2c1C%12CS%11)c(c43)c(c56)c(c87)c%13c%109. The molecule has 1 unspecified atom stereocenters. The van der Waals surface area contributed by atoms with Crippen molar-refractivity contribution < 1.29 is 0 Å². The Morgan fingerprint density at radius 3 is 1.92 bits per heavy atom. The minimum Gasteiger partial charge on any atom is -0.360 e. The average molecular weight is 510 g/mol. The maximum Gasteiger partial charge on any atom is 0.0648 e. The van der Waals surface area contributed by atoms with Crippen molar-refractivity contribution in [3.63, 3.8) is 0 Å². The van der Waals surface area contributed by atoms with Gasteiger partial charge in [-0.25, -0.2) is 0 Å². The third-order valence-corrected chi connectivity index (χ3v) is 13.1. The van der Waals surface area contributed by atoms with Gasteiger partial charge in [0.25, 0.3) is 0 Å². The van der Waals surface area contributed by atoms with Gasteiger partial charge in [0.05, 0.1) is 25.9 Å². The predicted molar refractivity (Wildman–Crippen MR) is 158 cm³/mol. The Balaban J connectivity index is 1.64. The molecule has 1 aliphatic heterocycles. The zero-order valence-corrected chi connectivity index (χ0v) is 20.8. The minimum absolute atomic E-state index is 0.466. The molecule has 6 aromatic carbocycles. The number of nitrogens with one attached hydrogen (secondary N) is 3. The molecule has 6 heteroatoms. The summed E-state index contributed by atoms with van der Waals surface area (Å²) in [6, 6.07) is 0. The molecule has 1 aliphatic carbocycles. The number of fused-ring (bicyclic) bond motifs is 6. The Bertz CT molecular complexity index is 2750. The number of thiophene rings is 2. The number of hydrogen-bond donors (Lipinski definition) is 3. The molecule has 0 amide bonds. The number of H-pyrrole nitrogens is 3. The second kappa shape index (κ2) is 4.54. The van der Waals surface area contributed by atoms with E-state index in [4.69, 9.17) is 0 Å². The molecule has 2 aliphatic rings. The van der Waals surface area contributed by atoms with E-state index in [9.17, 15) is 0 Å². The van der Waals surface area contributed by atoms with Crippen LogP contribution < -0.4 is 0 Å². The molecule has 1 atom stereocenters. The van der Waals surface area contributed by atoms with Crippen molar-refractivity contribution in [1.29, 1.82) is 0 Å². The first kappa shape index (κ1) is 16.3. The minimum atomic E-state index is 0.466. The molecule has 36 heavy (non-hydrogen) atoms. The first-order valence-corrected chi connectivity index (χ1v) is 15.2. The van der Waals surface area contributed by atoms with Crippen LogP contribution in [0.25, 0.3) is 107 Å². The van der Waals surface area contributed by atoms with Crippen LogP contribution in [0.1, 0.15) is 17.0 Å². The predicted octanol–water partition coefficient (Wildman–Crippen LogP) is 9.63. The normalized spacial score (nSPS) is 18.1. The zero-order chi connectivity index (χ0) is 22.3. The lowest BCUT2D eigenvalue weighted by molar-refractivity contribution is 0.961. The van der Waals surface area contributed by atoms with Gasteiger partial charge in [-0.2, -0.15) is 0 Å². The van der Waals surface area contributed by atoms with E-state index in [-0.39, 0.29) is 0 Å². The van der Waals surface area contributed by atoms with Crippen molar-refractivity contribution in [1.82, 2.24) is 15.0 Å². The van der Waals surface area contributed by atoms with Crippen LogP contribution in [0.2, 0.25) is 0 Å². The highest BCUT2D eigenvalue weighted by molar-refractivity contribution is 8.00. The van der Waals surface area contributed by atoms with Gasteiger partial charge in [0.15, 0.2) is 0 Å². The van der Waals surface area contributed by atoms with Gasteiger partial charge in [-0.1, -0.05) is 0 Å². The summed E-state index contributed by atoms with van der Waals surface area (Å²) < 4.78 is 2.85. The highest BCUT2D eigenvalue weighted by atomic mass is 32.2. The molecule has 3 N–H and O–H groups in total. The lowest BCUT2D eigenvalue weighted by Crippen LogP contribution is -2.05. The van der Waals surface area contributed by atoms with Gasteiger partial charge >= 0.3 is 0 Å². The summed E-state index contributed by atoms with van der Waals surface area (Å²) in [7, 11) is 0. The smallest absolute Gasteiger partial charge is 0.0648 e. The Labute approximate surface area is 212 Å². The van der Waals surface area contributed by atoms with Crippen LogP contribution in [0.15, 0.2) is 34.2 Å². The molecule has 0 saturated heterocycles. The highest BCUT2D eigenvalue weighted by Gasteiger charge is 2.40. The summed E-state index contributed by atoms with van der Waals surface area (Å²) in [5.74, 6) is 1.60. The molecular weight excluding hydrogens is 499 g/mol. The van der Waals surface area contributed by atoms with Gasteiger partial charge in [-0.3, -0.25) is 0 Å². The van der Waals surface area contributed by atoms with Crippen molar-refractivity contribution in [2.45, 2.75) is 10.8 Å². The molecule has 0 bridgehead atoms. The molecule has 164 valence electrons. The highest BCUT2D eigenvalue weighted by Crippen LogP contribution is 2.64. The van der Waals surface area contributed by atoms with Crippen molar-refractivity contribution in [3.05, 3.63) is 40.5 Å². The summed E-state index contributed by atoms with van der Waals surface area (Å²) in [6.45, 7) is 0. The summed E-state index contributed by atoms with van der Waals surface area (Å²) in [6.07, 6.45) is 6.92. The van der Waals surface area contributed by atoms with E-state index in [1.165, 1.54) is 112 Å². The van der Waals surface area contributed by atoms with Crippen LogP contribution in [0.3, 0.4) is 0 Å².